The highest BCUT2D eigenvalue weighted by atomic mass is 14.3. The lowest BCUT2D eigenvalue weighted by atomic mass is 9.68. The van der Waals surface area contributed by atoms with E-state index < -0.39 is 0 Å². The summed E-state index contributed by atoms with van der Waals surface area (Å²) < 4.78 is 0. The zero-order valence-corrected chi connectivity index (χ0v) is 11.7. The average Bonchev–Trinajstić information content (AvgIpc) is 2.15. The van der Waals surface area contributed by atoms with Crippen LogP contribution in [-0.4, -0.2) is 0 Å². The molecule has 0 amide bonds. The number of rotatable bonds is 7. The van der Waals surface area contributed by atoms with Crippen molar-refractivity contribution in [2.24, 2.45) is 17.3 Å². The Morgan fingerprint density at radius 2 is 1.73 bits per heavy atom. The van der Waals surface area contributed by atoms with Crippen LogP contribution in [0.25, 0.3) is 0 Å². The van der Waals surface area contributed by atoms with Gasteiger partial charge in [0.1, 0.15) is 0 Å². The first-order valence-electron chi connectivity index (χ1n) is 6.46. The molecule has 0 aromatic heterocycles. The Labute approximate surface area is 97.2 Å². The van der Waals surface area contributed by atoms with Crippen molar-refractivity contribution in [3.05, 3.63) is 12.2 Å². The van der Waals surface area contributed by atoms with Gasteiger partial charge in [-0.3, -0.25) is 0 Å². The second kappa shape index (κ2) is 6.35. The third kappa shape index (κ3) is 4.86. The van der Waals surface area contributed by atoms with Crippen LogP contribution in [0.5, 0.6) is 0 Å². The van der Waals surface area contributed by atoms with E-state index in [1.807, 2.05) is 0 Å². The first kappa shape index (κ1) is 14.7. The lowest BCUT2D eigenvalue weighted by Gasteiger charge is -2.37. The minimum atomic E-state index is 0.476. The van der Waals surface area contributed by atoms with Crippen molar-refractivity contribution in [2.45, 2.75) is 67.2 Å². The molecule has 0 spiro atoms. The van der Waals surface area contributed by atoms with Crippen molar-refractivity contribution >= 4 is 0 Å². The SMILES string of the molecule is C=C(C)CCCC(C)C(C)(C)C(C)CC. The highest BCUT2D eigenvalue weighted by Crippen LogP contribution is 2.39. The Morgan fingerprint density at radius 3 is 2.13 bits per heavy atom. The van der Waals surface area contributed by atoms with Gasteiger partial charge in [-0.1, -0.05) is 46.6 Å². The second-order valence-electron chi connectivity index (χ2n) is 5.88. The largest absolute Gasteiger partial charge is 0.100 e. The quantitative estimate of drug-likeness (QED) is 0.491. The minimum absolute atomic E-state index is 0.476. The lowest BCUT2D eigenvalue weighted by molar-refractivity contribution is 0.126. The van der Waals surface area contributed by atoms with Gasteiger partial charge in [0.2, 0.25) is 0 Å². The van der Waals surface area contributed by atoms with E-state index in [1.54, 1.807) is 0 Å². The molecule has 0 rings (SSSR count). The maximum absolute atomic E-state index is 3.97. The molecule has 0 N–H and O–H groups in total. The molecule has 0 aliphatic rings. The number of allylic oxidation sites excluding steroid dienone is 1. The number of hydrogen-bond donors (Lipinski definition) is 0. The molecule has 0 saturated carbocycles. The highest BCUT2D eigenvalue weighted by Gasteiger charge is 2.30. The van der Waals surface area contributed by atoms with Crippen LogP contribution in [0.4, 0.5) is 0 Å². The highest BCUT2D eigenvalue weighted by molar-refractivity contribution is 4.88. The van der Waals surface area contributed by atoms with E-state index >= 15 is 0 Å². The van der Waals surface area contributed by atoms with Crippen LogP contribution in [0.2, 0.25) is 0 Å². The topological polar surface area (TPSA) is 0 Å². The third-order valence-corrected chi connectivity index (χ3v) is 4.39. The fourth-order valence-corrected chi connectivity index (χ4v) is 2.09. The van der Waals surface area contributed by atoms with Crippen LogP contribution < -0.4 is 0 Å². The van der Waals surface area contributed by atoms with E-state index in [-0.39, 0.29) is 0 Å². The van der Waals surface area contributed by atoms with E-state index in [1.165, 1.54) is 31.3 Å². The Balaban J connectivity index is 4.07. The molecule has 0 aliphatic carbocycles. The summed E-state index contributed by atoms with van der Waals surface area (Å²) in [5.41, 5.74) is 1.80. The first-order chi connectivity index (χ1) is 6.82. The molecular weight excluding hydrogens is 180 g/mol. The van der Waals surface area contributed by atoms with E-state index in [0.29, 0.717) is 5.41 Å². The van der Waals surface area contributed by atoms with Crippen molar-refractivity contribution in [1.82, 2.24) is 0 Å². The van der Waals surface area contributed by atoms with Crippen LogP contribution in [0.3, 0.4) is 0 Å². The molecular formula is C15H30. The van der Waals surface area contributed by atoms with Gasteiger partial charge in [0.05, 0.1) is 0 Å². The zero-order valence-electron chi connectivity index (χ0n) is 11.7. The molecule has 0 heteroatoms. The normalized spacial score (nSPS) is 16.1. The van der Waals surface area contributed by atoms with Crippen LogP contribution in [-0.2, 0) is 0 Å². The average molecular weight is 210 g/mol. The summed E-state index contributed by atoms with van der Waals surface area (Å²) in [4.78, 5) is 0. The minimum Gasteiger partial charge on any atom is -0.100 e. The molecule has 15 heavy (non-hydrogen) atoms. The summed E-state index contributed by atoms with van der Waals surface area (Å²) in [6.07, 6.45) is 5.12. The van der Waals surface area contributed by atoms with Crippen molar-refractivity contribution in [3.8, 4) is 0 Å². The smallest absolute Gasteiger partial charge is 0.0303 e. The Hall–Kier alpha value is -0.260. The van der Waals surface area contributed by atoms with Crippen molar-refractivity contribution in [2.75, 3.05) is 0 Å². The molecule has 0 radical (unpaired) electrons. The van der Waals surface area contributed by atoms with Gasteiger partial charge in [-0.25, -0.2) is 0 Å². The fourth-order valence-electron chi connectivity index (χ4n) is 2.09. The molecule has 0 saturated heterocycles. The maximum atomic E-state index is 3.97. The van der Waals surface area contributed by atoms with Gasteiger partial charge < -0.3 is 0 Å². The predicted molar refractivity (Wildman–Crippen MR) is 71.1 cm³/mol. The van der Waals surface area contributed by atoms with Crippen molar-refractivity contribution in [1.29, 1.82) is 0 Å². The summed E-state index contributed by atoms with van der Waals surface area (Å²) in [5.74, 6) is 1.63. The van der Waals surface area contributed by atoms with Gasteiger partial charge in [-0.15, -0.1) is 6.58 Å². The molecule has 2 unspecified atom stereocenters. The molecule has 0 aromatic rings. The Morgan fingerprint density at radius 1 is 1.20 bits per heavy atom. The lowest BCUT2D eigenvalue weighted by Crippen LogP contribution is -2.29. The first-order valence-corrected chi connectivity index (χ1v) is 6.46. The third-order valence-electron chi connectivity index (χ3n) is 4.39. The van der Waals surface area contributed by atoms with Crippen LogP contribution >= 0.6 is 0 Å². The molecule has 2 atom stereocenters. The summed E-state index contributed by atoms with van der Waals surface area (Å²) >= 11 is 0. The van der Waals surface area contributed by atoms with Gasteiger partial charge in [-0.05, 0) is 43.4 Å². The van der Waals surface area contributed by atoms with E-state index in [9.17, 15) is 0 Å². The summed E-state index contributed by atoms with van der Waals surface area (Å²) in [5, 5.41) is 0. The van der Waals surface area contributed by atoms with Crippen LogP contribution in [0, 0.1) is 17.3 Å². The molecule has 0 bridgehead atoms. The molecule has 0 heterocycles. The Bertz CT molecular complexity index is 188. The van der Waals surface area contributed by atoms with Crippen LogP contribution in [0.15, 0.2) is 12.2 Å². The standard InChI is InChI=1S/C15H30/c1-8-13(4)15(6,7)14(5)11-9-10-12(2)3/h13-14H,2,8-11H2,1,3-7H3. The van der Waals surface area contributed by atoms with Crippen molar-refractivity contribution < 1.29 is 0 Å². The van der Waals surface area contributed by atoms with Gasteiger partial charge in [0, 0.05) is 0 Å². The molecule has 90 valence electrons. The summed E-state index contributed by atoms with van der Waals surface area (Å²) in [6, 6.07) is 0. The van der Waals surface area contributed by atoms with Gasteiger partial charge in [0.25, 0.3) is 0 Å². The summed E-state index contributed by atoms with van der Waals surface area (Å²) in [6.45, 7) is 18.0. The maximum Gasteiger partial charge on any atom is -0.0303 e. The summed E-state index contributed by atoms with van der Waals surface area (Å²) in [7, 11) is 0. The predicted octanol–water partition coefficient (Wildman–Crippen LogP) is 5.44. The molecule has 0 fully saturated rings. The Kier molecular flexibility index (Phi) is 6.24. The van der Waals surface area contributed by atoms with Gasteiger partial charge in [0.15, 0.2) is 0 Å². The van der Waals surface area contributed by atoms with Gasteiger partial charge >= 0.3 is 0 Å². The number of hydrogen-bond acceptors (Lipinski definition) is 0. The van der Waals surface area contributed by atoms with Crippen molar-refractivity contribution in [3.63, 3.8) is 0 Å². The molecule has 0 nitrogen and oxygen atoms in total. The van der Waals surface area contributed by atoms with Crippen LogP contribution in [0.1, 0.15) is 67.2 Å². The zero-order chi connectivity index (χ0) is 12.1. The van der Waals surface area contributed by atoms with Gasteiger partial charge in [-0.2, -0.15) is 0 Å². The molecule has 0 aliphatic heterocycles. The fraction of sp³-hybridized carbons (Fsp3) is 0.867. The second-order valence-corrected chi connectivity index (χ2v) is 5.88. The molecule has 0 aromatic carbocycles. The van der Waals surface area contributed by atoms with E-state index in [0.717, 1.165) is 11.8 Å². The monoisotopic (exact) mass is 210 g/mol. The van der Waals surface area contributed by atoms with E-state index in [2.05, 4.69) is 48.1 Å². The van der Waals surface area contributed by atoms with E-state index in [4.69, 9.17) is 0 Å².